The van der Waals surface area contributed by atoms with Gasteiger partial charge in [-0.1, -0.05) is 37.6 Å². The molecule has 1 saturated heterocycles. The first-order valence-electron chi connectivity index (χ1n) is 10.4. The molecule has 0 radical (unpaired) electrons. The van der Waals surface area contributed by atoms with Crippen LogP contribution in [0.4, 0.5) is 0 Å². The molecule has 0 aliphatic carbocycles. The van der Waals surface area contributed by atoms with Crippen LogP contribution in [0.2, 0.25) is 5.02 Å². The van der Waals surface area contributed by atoms with Gasteiger partial charge >= 0.3 is 0 Å². The van der Waals surface area contributed by atoms with Crippen molar-refractivity contribution in [2.45, 2.75) is 33.9 Å². The molecule has 1 N–H and O–H groups in total. The van der Waals surface area contributed by atoms with Crippen molar-refractivity contribution in [2.24, 2.45) is 5.41 Å². The topological polar surface area (TPSA) is 84.3 Å². The molecule has 2 amide bonds. The molecule has 3 heterocycles. The lowest BCUT2D eigenvalue weighted by molar-refractivity contribution is -0.142. The van der Waals surface area contributed by atoms with Crippen LogP contribution >= 0.6 is 11.6 Å². The Morgan fingerprint density at radius 2 is 1.84 bits per heavy atom. The number of carbonyl (C=O) groups excluding carboxylic acids is 2. The number of benzene rings is 1. The number of aryl methyl sites for hydroxylation is 1. The summed E-state index contributed by atoms with van der Waals surface area (Å²) in [5.41, 5.74) is 1.68. The maximum Gasteiger partial charge on any atom is 0.265 e. The van der Waals surface area contributed by atoms with Gasteiger partial charge in [0, 0.05) is 36.2 Å². The van der Waals surface area contributed by atoms with Crippen LogP contribution in [0, 0.1) is 12.3 Å². The summed E-state index contributed by atoms with van der Waals surface area (Å²) in [6.07, 6.45) is 1.65. The minimum Gasteiger partial charge on any atom is -0.348 e. The molecule has 1 aliphatic heterocycles. The molecule has 8 heteroatoms. The van der Waals surface area contributed by atoms with Crippen LogP contribution in [0.25, 0.3) is 11.0 Å². The molecule has 1 aromatic carbocycles. The van der Waals surface area contributed by atoms with Gasteiger partial charge in [-0.05, 0) is 47.7 Å². The minimum absolute atomic E-state index is 0.0180. The van der Waals surface area contributed by atoms with E-state index in [1.807, 2.05) is 25.1 Å². The summed E-state index contributed by atoms with van der Waals surface area (Å²) in [7, 11) is 0. The molecular formula is C24H25ClN4O3. The number of aromatic nitrogens is 2. The molecule has 0 spiro atoms. The Morgan fingerprint density at radius 1 is 1.16 bits per heavy atom. The van der Waals surface area contributed by atoms with E-state index in [4.69, 9.17) is 11.6 Å². The van der Waals surface area contributed by atoms with Gasteiger partial charge in [-0.3, -0.25) is 19.0 Å². The predicted octanol–water partition coefficient (Wildman–Crippen LogP) is 3.16. The summed E-state index contributed by atoms with van der Waals surface area (Å²) in [6, 6.07) is 10.5. The number of rotatable bonds is 5. The number of likely N-dealkylation sites (tertiary alicyclic amines) is 1. The number of nitrogens with one attached hydrogen (secondary N) is 1. The highest BCUT2D eigenvalue weighted by molar-refractivity contribution is 6.30. The Morgan fingerprint density at radius 3 is 2.50 bits per heavy atom. The highest BCUT2D eigenvalue weighted by Gasteiger charge is 2.37. The van der Waals surface area contributed by atoms with E-state index in [1.165, 1.54) is 4.57 Å². The average molecular weight is 453 g/mol. The zero-order valence-corrected chi connectivity index (χ0v) is 19.1. The number of amides is 2. The number of nitrogens with zero attached hydrogens (tertiary/aromatic N) is 3. The molecule has 4 rings (SSSR count). The van der Waals surface area contributed by atoms with E-state index in [-0.39, 0.29) is 30.0 Å². The number of fused-ring (bicyclic) bond motifs is 1. The largest absolute Gasteiger partial charge is 0.348 e. The minimum atomic E-state index is -0.532. The SMILES string of the molecule is Cc1cnc2c(c1)cc(C(=O)NCc1ccc(Cl)cc1)c(=O)n2CC(=O)N1CC(C)(C)C1. The van der Waals surface area contributed by atoms with E-state index in [0.29, 0.717) is 29.1 Å². The monoisotopic (exact) mass is 452 g/mol. The van der Waals surface area contributed by atoms with Crippen LogP contribution in [0.5, 0.6) is 0 Å². The van der Waals surface area contributed by atoms with E-state index in [0.717, 1.165) is 11.1 Å². The predicted molar refractivity (Wildman–Crippen MR) is 124 cm³/mol. The molecule has 3 aromatic rings. The molecular weight excluding hydrogens is 428 g/mol. The number of carbonyl (C=O) groups is 2. The van der Waals surface area contributed by atoms with Crippen LogP contribution in [-0.4, -0.2) is 39.4 Å². The van der Waals surface area contributed by atoms with Gasteiger partial charge in [0.1, 0.15) is 17.8 Å². The number of hydrogen-bond acceptors (Lipinski definition) is 4. The van der Waals surface area contributed by atoms with E-state index in [9.17, 15) is 14.4 Å². The quantitative estimate of drug-likeness (QED) is 0.644. The Balaban J connectivity index is 1.64. The molecule has 1 aliphatic rings. The molecule has 0 unspecified atom stereocenters. The van der Waals surface area contributed by atoms with Gasteiger partial charge in [0.05, 0.1) is 0 Å². The van der Waals surface area contributed by atoms with Gasteiger partial charge < -0.3 is 10.2 Å². The first-order valence-corrected chi connectivity index (χ1v) is 10.8. The number of halogens is 1. The summed E-state index contributed by atoms with van der Waals surface area (Å²) in [4.78, 5) is 45.0. The first kappa shape index (κ1) is 22.0. The van der Waals surface area contributed by atoms with E-state index >= 15 is 0 Å². The van der Waals surface area contributed by atoms with Crippen molar-refractivity contribution in [3.63, 3.8) is 0 Å². The van der Waals surface area contributed by atoms with Gasteiger partial charge in [-0.2, -0.15) is 0 Å². The Hall–Kier alpha value is -3.19. The van der Waals surface area contributed by atoms with Gasteiger partial charge in [-0.15, -0.1) is 0 Å². The summed E-state index contributed by atoms with van der Waals surface area (Å²) in [6.45, 7) is 7.46. The molecule has 1 fully saturated rings. The smallest absolute Gasteiger partial charge is 0.265 e. The second-order valence-electron chi connectivity index (χ2n) is 9.10. The lowest BCUT2D eigenvalue weighted by Gasteiger charge is -2.45. The normalized spacial score (nSPS) is 14.8. The van der Waals surface area contributed by atoms with Crippen LogP contribution in [0.15, 0.2) is 47.4 Å². The van der Waals surface area contributed by atoms with Crippen molar-refractivity contribution >= 4 is 34.4 Å². The Kier molecular flexibility index (Phi) is 5.77. The van der Waals surface area contributed by atoms with Crippen molar-refractivity contribution in [3.8, 4) is 0 Å². The summed E-state index contributed by atoms with van der Waals surface area (Å²) in [5.74, 6) is -0.659. The molecule has 166 valence electrons. The maximum absolute atomic E-state index is 13.2. The zero-order chi connectivity index (χ0) is 23.0. The third-order valence-corrected chi connectivity index (χ3v) is 5.81. The van der Waals surface area contributed by atoms with Crippen LogP contribution in [-0.2, 0) is 17.9 Å². The van der Waals surface area contributed by atoms with Crippen molar-refractivity contribution in [1.29, 1.82) is 0 Å². The highest BCUT2D eigenvalue weighted by Crippen LogP contribution is 2.28. The summed E-state index contributed by atoms with van der Waals surface area (Å²) in [5, 5.41) is 4.02. The van der Waals surface area contributed by atoms with Crippen molar-refractivity contribution in [2.75, 3.05) is 13.1 Å². The fraction of sp³-hybridized carbons (Fsp3) is 0.333. The second kappa shape index (κ2) is 8.39. The average Bonchev–Trinajstić information content (AvgIpc) is 2.73. The lowest BCUT2D eigenvalue weighted by atomic mass is 9.84. The molecule has 7 nitrogen and oxygen atoms in total. The van der Waals surface area contributed by atoms with Gasteiger partial charge in [0.25, 0.3) is 11.5 Å². The van der Waals surface area contributed by atoms with E-state index in [1.54, 1.807) is 29.3 Å². The third kappa shape index (κ3) is 4.53. The summed E-state index contributed by atoms with van der Waals surface area (Å²) >= 11 is 5.90. The standard InChI is InChI=1S/C24H25ClN4O3/c1-15-8-17-9-19(22(31)27-11-16-4-6-18(25)7-5-16)23(32)29(21(17)26-10-15)12-20(30)28-13-24(2,3)14-28/h4-10H,11-14H2,1-3H3,(H,27,31). The van der Waals surface area contributed by atoms with Gasteiger partial charge in [0.2, 0.25) is 5.91 Å². The zero-order valence-electron chi connectivity index (χ0n) is 18.3. The Bertz CT molecular complexity index is 1260. The maximum atomic E-state index is 13.2. The van der Waals surface area contributed by atoms with Crippen LogP contribution in [0.3, 0.4) is 0 Å². The van der Waals surface area contributed by atoms with Gasteiger partial charge in [0.15, 0.2) is 0 Å². The number of pyridine rings is 2. The second-order valence-corrected chi connectivity index (χ2v) is 9.53. The molecule has 0 bridgehead atoms. The van der Waals surface area contributed by atoms with Crippen molar-refractivity contribution in [3.05, 3.63) is 74.7 Å². The van der Waals surface area contributed by atoms with E-state index < -0.39 is 11.5 Å². The fourth-order valence-electron chi connectivity index (χ4n) is 3.96. The molecule has 0 saturated carbocycles. The molecule has 2 aromatic heterocycles. The molecule has 32 heavy (non-hydrogen) atoms. The first-order chi connectivity index (χ1) is 15.1. The Labute approximate surface area is 191 Å². The van der Waals surface area contributed by atoms with Crippen molar-refractivity contribution in [1.82, 2.24) is 19.8 Å². The van der Waals surface area contributed by atoms with Crippen molar-refractivity contribution < 1.29 is 9.59 Å². The number of hydrogen-bond donors (Lipinski definition) is 1. The molecule has 0 atom stereocenters. The third-order valence-electron chi connectivity index (χ3n) is 5.56. The van der Waals surface area contributed by atoms with Crippen LogP contribution in [0.1, 0.15) is 35.3 Å². The highest BCUT2D eigenvalue weighted by atomic mass is 35.5. The van der Waals surface area contributed by atoms with Gasteiger partial charge in [-0.25, -0.2) is 4.98 Å². The fourth-order valence-corrected chi connectivity index (χ4v) is 4.09. The lowest BCUT2D eigenvalue weighted by Crippen LogP contribution is -2.56. The van der Waals surface area contributed by atoms with Crippen LogP contribution < -0.4 is 10.9 Å². The van der Waals surface area contributed by atoms with E-state index in [2.05, 4.69) is 24.1 Å². The summed E-state index contributed by atoms with van der Waals surface area (Å²) < 4.78 is 1.31.